The Balaban J connectivity index is 2.92. The molecule has 0 aliphatic heterocycles. The Morgan fingerprint density at radius 2 is 2.00 bits per heavy atom. The van der Waals surface area contributed by atoms with E-state index in [1.54, 1.807) is 12.1 Å². The molecular formula is C7H7ClN2O. The number of nitrogens with zero attached hydrogens (tertiary/aromatic N) is 1. The highest BCUT2D eigenvalue weighted by atomic mass is 35.5. The van der Waals surface area contributed by atoms with Crippen molar-refractivity contribution in [2.75, 3.05) is 0 Å². The summed E-state index contributed by atoms with van der Waals surface area (Å²) in [5, 5.41) is 8.51. The van der Waals surface area contributed by atoms with Crippen LogP contribution >= 0.6 is 11.8 Å². The zero-order valence-electron chi connectivity index (χ0n) is 5.66. The van der Waals surface area contributed by atoms with Crippen LogP contribution in [0.5, 0.6) is 0 Å². The Bertz CT molecular complexity index is 248. The van der Waals surface area contributed by atoms with E-state index in [-0.39, 0.29) is 5.84 Å². The minimum Gasteiger partial charge on any atom is -0.290 e. The summed E-state index contributed by atoms with van der Waals surface area (Å²) in [6.45, 7) is 0. The molecule has 1 aromatic rings. The lowest BCUT2D eigenvalue weighted by molar-refractivity contribution is 0.235. The fourth-order valence-electron chi connectivity index (χ4n) is 0.728. The molecule has 0 atom stereocenters. The van der Waals surface area contributed by atoms with E-state index >= 15 is 0 Å². The number of halogens is 1. The Kier molecular flexibility index (Phi) is 2.89. The lowest BCUT2D eigenvalue weighted by Gasteiger charge is -2.00. The first-order valence-corrected chi connectivity index (χ1v) is 3.36. The van der Waals surface area contributed by atoms with Crippen molar-refractivity contribution >= 4 is 17.6 Å². The van der Waals surface area contributed by atoms with E-state index in [4.69, 9.17) is 17.0 Å². The Morgan fingerprint density at radius 1 is 1.36 bits per heavy atom. The normalized spacial score (nSPS) is 11.3. The van der Waals surface area contributed by atoms with Crippen LogP contribution < -0.4 is 5.48 Å². The molecule has 1 rings (SSSR count). The van der Waals surface area contributed by atoms with E-state index in [2.05, 4.69) is 4.51 Å². The molecule has 0 radical (unpaired) electrons. The second-order valence-corrected chi connectivity index (χ2v) is 2.08. The van der Waals surface area contributed by atoms with Crippen molar-refractivity contribution in [2.24, 2.45) is 4.51 Å². The van der Waals surface area contributed by atoms with E-state index in [9.17, 15) is 0 Å². The third-order valence-corrected chi connectivity index (χ3v) is 1.41. The van der Waals surface area contributed by atoms with Gasteiger partial charge in [-0.2, -0.15) is 4.51 Å². The molecule has 0 amide bonds. The molecule has 0 bridgehead atoms. The predicted molar refractivity (Wildman–Crippen MR) is 43.8 cm³/mol. The molecule has 0 aliphatic rings. The summed E-state index contributed by atoms with van der Waals surface area (Å²) >= 11 is 5.17. The van der Waals surface area contributed by atoms with E-state index < -0.39 is 0 Å². The number of nitrogens with one attached hydrogen (secondary N) is 1. The monoisotopic (exact) mass is 170 g/mol. The van der Waals surface area contributed by atoms with Crippen molar-refractivity contribution in [1.29, 1.82) is 0 Å². The molecule has 0 spiro atoms. The number of hydroxylamine groups is 1. The SMILES string of the molecule is ONC(=NCl)c1ccccc1. The standard InChI is InChI=1S/C7H7ClN2O/c8-9-7(10-11)6-4-2-1-3-5-6/h1-5,11H,(H,9,10). The summed E-state index contributed by atoms with van der Waals surface area (Å²) in [5.41, 5.74) is 2.63. The first-order valence-electron chi connectivity index (χ1n) is 3.03. The fraction of sp³-hybridized carbons (Fsp3) is 0. The van der Waals surface area contributed by atoms with Gasteiger partial charge in [0.25, 0.3) is 0 Å². The molecule has 3 nitrogen and oxygen atoms in total. The van der Waals surface area contributed by atoms with Crippen LogP contribution in [0.2, 0.25) is 0 Å². The zero-order chi connectivity index (χ0) is 8.10. The first-order chi connectivity index (χ1) is 5.38. The maximum Gasteiger partial charge on any atom is 0.171 e. The van der Waals surface area contributed by atoms with Gasteiger partial charge in [-0.25, -0.2) is 0 Å². The summed E-state index contributed by atoms with van der Waals surface area (Å²) in [6.07, 6.45) is 0. The van der Waals surface area contributed by atoms with E-state index in [1.165, 1.54) is 0 Å². The first kappa shape index (κ1) is 8.04. The van der Waals surface area contributed by atoms with E-state index in [0.29, 0.717) is 0 Å². The van der Waals surface area contributed by atoms with Gasteiger partial charge >= 0.3 is 0 Å². The van der Waals surface area contributed by atoms with Gasteiger partial charge in [0.2, 0.25) is 0 Å². The van der Waals surface area contributed by atoms with Gasteiger partial charge in [0, 0.05) is 17.3 Å². The summed E-state index contributed by atoms with van der Waals surface area (Å²) in [5.74, 6) is 0.243. The number of benzene rings is 1. The lowest BCUT2D eigenvalue weighted by atomic mass is 10.2. The summed E-state index contributed by atoms with van der Waals surface area (Å²) < 4.78 is 3.30. The predicted octanol–water partition coefficient (Wildman–Crippen LogP) is 1.57. The van der Waals surface area contributed by atoms with Gasteiger partial charge in [-0.05, 0) is 0 Å². The zero-order valence-corrected chi connectivity index (χ0v) is 6.42. The van der Waals surface area contributed by atoms with Crippen LogP contribution in [0.3, 0.4) is 0 Å². The molecule has 0 saturated carbocycles. The second kappa shape index (κ2) is 3.95. The average molecular weight is 171 g/mol. The third kappa shape index (κ3) is 1.93. The van der Waals surface area contributed by atoms with Crippen LogP contribution in [-0.2, 0) is 0 Å². The number of amidine groups is 1. The Morgan fingerprint density at radius 3 is 2.45 bits per heavy atom. The highest BCUT2D eigenvalue weighted by Crippen LogP contribution is 1.99. The van der Waals surface area contributed by atoms with Gasteiger partial charge in [0.1, 0.15) is 0 Å². The van der Waals surface area contributed by atoms with Gasteiger partial charge in [-0.3, -0.25) is 10.7 Å². The number of rotatable bonds is 1. The van der Waals surface area contributed by atoms with Crippen LogP contribution in [0.25, 0.3) is 0 Å². The van der Waals surface area contributed by atoms with Crippen LogP contribution in [0.15, 0.2) is 34.8 Å². The average Bonchev–Trinajstić information content (AvgIpc) is 2.09. The maximum absolute atomic E-state index is 8.51. The molecule has 58 valence electrons. The molecule has 0 aliphatic carbocycles. The van der Waals surface area contributed by atoms with E-state index in [0.717, 1.165) is 5.56 Å². The number of hydrogen-bond acceptors (Lipinski definition) is 2. The molecule has 1 aromatic carbocycles. The highest BCUT2D eigenvalue weighted by Gasteiger charge is 1.97. The maximum atomic E-state index is 8.51. The molecular weight excluding hydrogens is 164 g/mol. The smallest absolute Gasteiger partial charge is 0.171 e. The van der Waals surface area contributed by atoms with Crippen LogP contribution in [0.1, 0.15) is 5.56 Å². The fourth-order valence-corrected chi connectivity index (χ4v) is 0.864. The largest absolute Gasteiger partial charge is 0.290 e. The van der Waals surface area contributed by atoms with Crippen molar-refractivity contribution < 1.29 is 5.21 Å². The minimum atomic E-state index is 0.243. The molecule has 0 saturated heterocycles. The number of hydrogen-bond donors (Lipinski definition) is 2. The molecule has 0 aromatic heterocycles. The van der Waals surface area contributed by atoms with Crippen molar-refractivity contribution in [3.63, 3.8) is 0 Å². The summed E-state index contributed by atoms with van der Waals surface area (Å²) in [6, 6.07) is 9.09. The Hall–Kier alpha value is -1.06. The van der Waals surface area contributed by atoms with Crippen molar-refractivity contribution in [2.45, 2.75) is 0 Å². The van der Waals surface area contributed by atoms with E-state index in [1.807, 2.05) is 23.7 Å². The summed E-state index contributed by atoms with van der Waals surface area (Å²) in [7, 11) is 0. The quantitative estimate of drug-likeness (QED) is 0.382. The van der Waals surface area contributed by atoms with Gasteiger partial charge in [0.05, 0.1) is 0 Å². The molecule has 0 fully saturated rings. The van der Waals surface area contributed by atoms with Gasteiger partial charge in [-0.15, -0.1) is 0 Å². The third-order valence-electron chi connectivity index (χ3n) is 1.24. The van der Waals surface area contributed by atoms with Crippen molar-refractivity contribution in [3.05, 3.63) is 35.9 Å². The van der Waals surface area contributed by atoms with Gasteiger partial charge in [0.15, 0.2) is 5.84 Å². The van der Waals surface area contributed by atoms with Gasteiger partial charge < -0.3 is 0 Å². The van der Waals surface area contributed by atoms with Crippen LogP contribution in [0.4, 0.5) is 0 Å². The van der Waals surface area contributed by atoms with Crippen molar-refractivity contribution in [1.82, 2.24) is 5.48 Å². The van der Waals surface area contributed by atoms with Crippen molar-refractivity contribution in [3.8, 4) is 0 Å². The molecule has 4 heteroatoms. The molecule has 11 heavy (non-hydrogen) atoms. The van der Waals surface area contributed by atoms with Crippen LogP contribution in [-0.4, -0.2) is 11.0 Å². The minimum absolute atomic E-state index is 0.243. The van der Waals surface area contributed by atoms with Gasteiger partial charge in [-0.1, -0.05) is 30.3 Å². The molecule has 0 unspecified atom stereocenters. The highest BCUT2D eigenvalue weighted by molar-refractivity contribution is 6.22. The topological polar surface area (TPSA) is 44.6 Å². The lowest BCUT2D eigenvalue weighted by Crippen LogP contribution is -2.19. The summed E-state index contributed by atoms with van der Waals surface area (Å²) in [4.78, 5) is 0. The molecule has 2 N–H and O–H groups in total. The van der Waals surface area contributed by atoms with Crippen LogP contribution in [0, 0.1) is 0 Å². The second-order valence-electron chi connectivity index (χ2n) is 1.91. The Labute approximate surface area is 69.4 Å². The molecule has 0 heterocycles.